The van der Waals surface area contributed by atoms with E-state index in [1.54, 1.807) is 10.6 Å². The summed E-state index contributed by atoms with van der Waals surface area (Å²) in [5, 5.41) is 26.8. The molecule has 4 rings (SSSR count). The lowest BCUT2D eigenvalue weighted by Gasteiger charge is -2.05. The molecule has 1 N–H and O–H groups in total. The number of carbonyl (C=O) groups excluding carboxylic acids is 1. The van der Waals surface area contributed by atoms with Gasteiger partial charge in [0, 0.05) is 23.4 Å². The maximum atomic E-state index is 12.3. The predicted octanol–water partition coefficient (Wildman–Crippen LogP) is 3.74. The van der Waals surface area contributed by atoms with E-state index in [0.717, 1.165) is 16.8 Å². The van der Waals surface area contributed by atoms with E-state index in [2.05, 4.69) is 20.6 Å². The molecule has 1 amide bonds. The van der Waals surface area contributed by atoms with Gasteiger partial charge in [0.2, 0.25) is 11.1 Å². The van der Waals surface area contributed by atoms with Crippen LogP contribution in [0.25, 0.3) is 16.9 Å². The van der Waals surface area contributed by atoms with Crippen molar-refractivity contribution in [2.45, 2.75) is 12.1 Å². The SMILES string of the molecule is Cc1ccc(-c2ccc3nnc(SCC(=O)Nc4cccc([N+](=O)[O-])c4)n3n2)cc1. The van der Waals surface area contributed by atoms with E-state index in [0.29, 0.717) is 16.5 Å². The van der Waals surface area contributed by atoms with Crippen molar-refractivity contribution in [1.82, 2.24) is 19.8 Å². The number of non-ortho nitro benzene ring substituents is 1. The lowest BCUT2D eigenvalue weighted by molar-refractivity contribution is -0.384. The van der Waals surface area contributed by atoms with Gasteiger partial charge >= 0.3 is 0 Å². The molecule has 9 nitrogen and oxygen atoms in total. The van der Waals surface area contributed by atoms with E-state index < -0.39 is 4.92 Å². The predicted molar refractivity (Wildman–Crippen MR) is 113 cm³/mol. The summed E-state index contributed by atoms with van der Waals surface area (Å²) in [5.41, 5.74) is 3.75. The molecule has 0 aliphatic carbocycles. The molecule has 150 valence electrons. The number of thioether (sulfide) groups is 1. The lowest BCUT2D eigenvalue weighted by atomic mass is 10.1. The van der Waals surface area contributed by atoms with Crippen LogP contribution in [0, 0.1) is 17.0 Å². The molecule has 0 aliphatic rings. The van der Waals surface area contributed by atoms with Crippen LogP contribution in [0.3, 0.4) is 0 Å². The monoisotopic (exact) mass is 420 g/mol. The van der Waals surface area contributed by atoms with Crippen LogP contribution in [0.4, 0.5) is 11.4 Å². The third kappa shape index (κ3) is 4.28. The van der Waals surface area contributed by atoms with Crippen molar-refractivity contribution in [1.29, 1.82) is 0 Å². The first-order valence-corrected chi connectivity index (χ1v) is 9.95. The number of nitrogens with one attached hydrogen (secondary N) is 1. The topological polar surface area (TPSA) is 115 Å². The Morgan fingerprint density at radius 3 is 2.70 bits per heavy atom. The Balaban J connectivity index is 1.48. The second kappa shape index (κ2) is 8.29. The summed E-state index contributed by atoms with van der Waals surface area (Å²) in [4.78, 5) is 22.6. The molecule has 0 spiro atoms. The zero-order chi connectivity index (χ0) is 21.1. The molecule has 0 radical (unpaired) electrons. The van der Waals surface area contributed by atoms with Gasteiger partial charge in [0.05, 0.1) is 16.4 Å². The zero-order valence-corrected chi connectivity index (χ0v) is 16.7. The first-order chi connectivity index (χ1) is 14.5. The summed E-state index contributed by atoms with van der Waals surface area (Å²) in [5.74, 6) is -0.258. The molecule has 30 heavy (non-hydrogen) atoms. The van der Waals surface area contributed by atoms with Crippen molar-refractivity contribution < 1.29 is 9.72 Å². The number of rotatable bonds is 6. The molecule has 0 saturated heterocycles. The highest BCUT2D eigenvalue weighted by Crippen LogP contribution is 2.22. The fourth-order valence-corrected chi connectivity index (χ4v) is 3.45. The maximum Gasteiger partial charge on any atom is 0.271 e. The van der Waals surface area contributed by atoms with Crippen molar-refractivity contribution in [3.63, 3.8) is 0 Å². The molecule has 2 heterocycles. The van der Waals surface area contributed by atoms with Crippen LogP contribution in [-0.4, -0.2) is 36.4 Å². The number of anilines is 1. The van der Waals surface area contributed by atoms with Crippen molar-refractivity contribution in [2.24, 2.45) is 0 Å². The van der Waals surface area contributed by atoms with E-state index in [1.807, 2.05) is 43.3 Å². The summed E-state index contributed by atoms with van der Waals surface area (Å²) in [6, 6.07) is 17.5. The molecular weight excluding hydrogens is 404 g/mol. The van der Waals surface area contributed by atoms with Crippen LogP contribution in [0.1, 0.15) is 5.56 Å². The Labute approximate surface area is 175 Å². The molecule has 2 aromatic heterocycles. The number of nitro benzene ring substituents is 1. The normalized spacial score (nSPS) is 10.8. The van der Waals surface area contributed by atoms with Gasteiger partial charge in [-0.05, 0) is 25.1 Å². The van der Waals surface area contributed by atoms with Gasteiger partial charge in [-0.1, -0.05) is 47.7 Å². The molecule has 0 fully saturated rings. The number of carbonyl (C=O) groups is 1. The average molecular weight is 420 g/mol. The Morgan fingerprint density at radius 2 is 1.93 bits per heavy atom. The van der Waals surface area contributed by atoms with E-state index >= 15 is 0 Å². The molecule has 0 bridgehead atoms. The van der Waals surface area contributed by atoms with Gasteiger partial charge in [0.15, 0.2) is 5.65 Å². The molecular formula is C20H16N6O3S. The van der Waals surface area contributed by atoms with E-state index in [-0.39, 0.29) is 17.3 Å². The Hall–Kier alpha value is -3.79. The van der Waals surface area contributed by atoms with Gasteiger partial charge in [-0.2, -0.15) is 9.61 Å². The highest BCUT2D eigenvalue weighted by atomic mass is 32.2. The second-order valence-electron chi connectivity index (χ2n) is 6.48. The second-order valence-corrected chi connectivity index (χ2v) is 7.42. The number of benzene rings is 2. The van der Waals surface area contributed by atoms with E-state index in [9.17, 15) is 14.9 Å². The number of hydrogen-bond acceptors (Lipinski definition) is 7. The number of aryl methyl sites for hydroxylation is 1. The van der Waals surface area contributed by atoms with Gasteiger partial charge in [-0.25, -0.2) is 0 Å². The third-order valence-electron chi connectivity index (χ3n) is 4.25. The van der Waals surface area contributed by atoms with E-state index in [1.165, 1.54) is 30.0 Å². The summed E-state index contributed by atoms with van der Waals surface area (Å²) < 4.78 is 1.60. The molecule has 4 aromatic rings. The van der Waals surface area contributed by atoms with Crippen LogP contribution < -0.4 is 5.32 Å². The van der Waals surface area contributed by atoms with Crippen molar-refractivity contribution in [3.05, 3.63) is 76.3 Å². The third-order valence-corrected chi connectivity index (χ3v) is 5.17. The minimum Gasteiger partial charge on any atom is -0.325 e. The van der Waals surface area contributed by atoms with Crippen LogP contribution in [0.5, 0.6) is 0 Å². The molecule has 0 saturated carbocycles. The smallest absolute Gasteiger partial charge is 0.271 e. The highest BCUT2D eigenvalue weighted by molar-refractivity contribution is 7.99. The molecule has 0 unspecified atom stereocenters. The number of nitro groups is 1. The Kier molecular flexibility index (Phi) is 5.40. The quantitative estimate of drug-likeness (QED) is 0.287. The molecule has 10 heteroatoms. The largest absolute Gasteiger partial charge is 0.325 e. The first-order valence-electron chi connectivity index (χ1n) is 8.96. The maximum absolute atomic E-state index is 12.3. The summed E-state index contributed by atoms with van der Waals surface area (Å²) >= 11 is 1.18. The van der Waals surface area contributed by atoms with Gasteiger partial charge < -0.3 is 5.32 Å². The van der Waals surface area contributed by atoms with Crippen LogP contribution in [0.2, 0.25) is 0 Å². The molecule has 0 aliphatic heterocycles. The number of fused-ring (bicyclic) bond motifs is 1. The van der Waals surface area contributed by atoms with E-state index in [4.69, 9.17) is 0 Å². The van der Waals surface area contributed by atoms with Gasteiger partial charge in [0.25, 0.3) is 5.69 Å². The van der Waals surface area contributed by atoms with Gasteiger partial charge in [-0.15, -0.1) is 10.2 Å². The molecule has 2 aromatic carbocycles. The Morgan fingerprint density at radius 1 is 1.13 bits per heavy atom. The van der Waals surface area contributed by atoms with Crippen molar-refractivity contribution in [3.8, 4) is 11.3 Å². The highest BCUT2D eigenvalue weighted by Gasteiger charge is 2.13. The fraction of sp³-hybridized carbons (Fsp3) is 0.100. The standard InChI is InChI=1S/C20H16N6O3S/c1-13-5-7-14(8-6-13)17-9-10-18-22-23-20(25(18)24-17)30-12-19(27)21-15-3-2-4-16(11-15)26(28)29/h2-11H,12H2,1H3,(H,21,27). The van der Waals surface area contributed by atoms with Crippen LogP contribution in [0.15, 0.2) is 65.8 Å². The summed E-state index contributed by atoms with van der Waals surface area (Å²) in [6.07, 6.45) is 0. The van der Waals surface area contributed by atoms with Crippen molar-refractivity contribution in [2.75, 3.05) is 11.1 Å². The van der Waals surface area contributed by atoms with Crippen LogP contribution in [-0.2, 0) is 4.79 Å². The molecule has 0 atom stereocenters. The fourth-order valence-electron chi connectivity index (χ4n) is 2.76. The zero-order valence-electron chi connectivity index (χ0n) is 15.8. The van der Waals surface area contributed by atoms with Crippen LogP contribution >= 0.6 is 11.8 Å². The first kappa shape index (κ1) is 19.5. The van der Waals surface area contributed by atoms with Gasteiger partial charge in [0.1, 0.15) is 0 Å². The Bertz CT molecular complexity index is 1240. The summed E-state index contributed by atoms with van der Waals surface area (Å²) in [7, 11) is 0. The minimum atomic E-state index is -0.510. The lowest BCUT2D eigenvalue weighted by Crippen LogP contribution is -2.14. The van der Waals surface area contributed by atoms with Gasteiger partial charge in [-0.3, -0.25) is 14.9 Å². The average Bonchev–Trinajstić information content (AvgIpc) is 3.15. The summed E-state index contributed by atoms with van der Waals surface area (Å²) in [6.45, 7) is 2.02. The number of amides is 1. The minimum absolute atomic E-state index is 0.0555. The number of hydrogen-bond donors (Lipinski definition) is 1. The number of nitrogens with zero attached hydrogens (tertiary/aromatic N) is 5. The number of aromatic nitrogens is 4. The van der Waals surface area contributed by atoms with Crippen molar-refractivity contribution >= 4 is 34.7 Å².